The molecular weight excluding hydrogens is 172 g/mol. The molecule has 0 amide bonds. The van der Waals surface area contributed by atoms with Crippen molar-refractivity contribution in [1.29, 1.82) is 0 Å². The summed E-state index contributed by atoms with van der Waals surface area (Å²) in [5.74, 6) is 0.994. The Morgan fingerprint density at radius 2 is 1.71 bits per heavy atom. The Hall–Kier alpha value is -0.0800. The number of nitrogens with zero attached hydrogens (tertiary/aromatic N) is 1. The lowest BCUT2D eigenvalue weighted by atomic mass is 10.1. The van der Waals surface area contributed by atoms with Gasteiger partial charge in [0.1, 0.15) is 0 Å². The normalized spacial score (nSPS) is 24.9. The van der Waals surface area contributed by atoms with E-state index in [2.05, 4.69) is 10.2 Å². The van der Waals surface area contributed by atoms with Crippen molar-refractivity contribution in [1.82, 2.24) is 10.2 Å². The van der Waals surface area contributed by atoms with Gasteiger partial charge in [-0.05, 0) is 51.2 Å². The van der Waals surface area contributed by atoms with Gasteiger partial charge in [0.15, 0.2) is 0 Å². The minimum absolute atomic E-state index is 0.994. The number of hydrogen-bond donors (Lipinski definition) is 1. The topological polar surface area (TPSA) is 15.3 Å². The molecule has 0 unspecified atom stereocenters. The quantitative estimate of drug-likeness (QED) is 0.675. The first-order chi connectivity index (χ1) is 6.95. The maximum absolute atomic E-state index is 3.61. The molecule has 1 aliphatic carbocycles. The zero-order valence-corrected chi connectivity index (χ0v) is 9.30. The van der Waals surface area contributed by atoms with Crippen molar-refractivity contribution in [3.63, 3.8) is 0 Å². The minimum Gasteiger partial charge on any atom is -0.315 e. The number of likely N-dealkylation sites (tertiary alicyclic amines) is 1. The molecule has 2 nitrogen and oxygen atoms in total. The van der Waals surface area contributed by atoms with E-state index in [1.807, 2.05) is 0 Å². The molecule has 0 atom stereocenters. The summed E-state index contributed by atoms with van der Waals surface area (Å²) in [6, 6.07) is 0. The third-order valence-corrected chi connectivity index (χ3v) is 3.71. The van der Waals surface area contributed by atoms with Crippen LogP contribution in [0, 0.1) is 5.92 Å². The molecular formula is C12H24N2. The highest BCUT2D eigenvalue weighted by Gasteiger charge is 2.14. The number of nitrogens with one attached hydrogen (secondary N) is 1. The fourth-order valence-electron chi connectivity index (χ4n) is 2.76. The van der Waals surface area contributed by atoms with Crippen molar-refractivity contribution in [3.8, 4) is 0 Å². The Morgan fingerprint density at radius 1 is 1.00 bits per heavy atom. The third-order valence-electron chi connectivity index (χ3n) is 3.71. The Labute approximate surface area is 88.1 Å². The molecule has 0 aromatic rings. The van der Waals surface area contributed by atoms with E-state index in [0.29, 0.717) is 0 Å². The lowest BCUT2D eigenvalue weighted by Crippen LogP contribution is -2.32. The van der Waals surface area contributed by atoms with E-state index in [9.17, 15) is 0 Å². The summed E-state index contributed by atoms with van der Waals surface area (Å²) >= 11 is 0. The van der Waals surface area contributed by atoms with E-state index < -0.39 is 0 Å². The fourth-order valence-corrected chi connectivity index (χ4v) is 2.76. The van der Waals surface area contributed by atoms with Gasteiger partial charge in [-0.25, -0.2) is 0 Å². The van der Waals surface area contributed by atoms with E-state index >= 15 is 0 Å². The molecule has 0 aromatic carbocycles. The molecule has 1 aliphatic heterocycles. The van der Waals surface area contributed by atoms with Crippen LogP contribution in [0.4, 0.5) is 0 Å². The van der Waals surface area contributed by atoms with Crippen LogP contribution in [0.1, 0.15) is 38.5 Å². The second-order valence-corrected chi connectivity index (χ2v) is 4.90. The number of rotatable bonds is 5. The molecule has 1 heterocycles. The molecule has 0 spiro atoms. The van der Waals surface area contributed by atoms with Gasteiger partial charge in [-0.2, -0.15) is 0 Å². The van der Waals surface area contributed by atoms with Crippen LogP contribution in [0.3, 0.4) is 0 Å². The molecule has 0 radical (unpaired) electrons. The van der Waals surface area contributed by atoms with Crippen LogP contribution in [0.25, 0.3) is 0 Å². The maximum atomic E-state index is 3.61. The van der Waals surface area contributed by atoms with E-state index in [4.69, 9.17) is 0 Å². The van der Waals surface area contributed by atoms with Crippen LogP contribution < -0.4 is 5.32 Å². The van der Waals surface area contributed by atoms with Gasteiger partial charge in [0.05, 0.1) is 0 Å². The molecule has 0 aromatic heterocycles. The molecule has 2 rings (SSSR count). The Balaban J connectivity index is 1.46. The molecule has 82 valence electrons. The first-order valence-corrected chi connectivity index (χ1v) is 6.38. The van der Waals surface area contributed by atoms with Crippen LogP contribution in [0.5, 0.6) is 0 Å². The van der Waals surface area contributed by atoms with Gasteiger partial charge in [-0.1, -0.05) is 12.8 Å². The summed E-state index contributed by atoms with van der Waals surface area (Å²) in [7, 11) is 0. The van der Waals surface area contributed by atoms with Crippen LogP contribution in [-0.4, -0.2) is 37.6 Å². The van der Waals surface area contributed by atoms with Gasteiger partial charge in [0, 0.05) is 13.1 Å². The largest absolute Gasteiger partial charge is 0.315 e. The summed E-state index contributed by atoms with van der Waals surface area (Å²) in [6.45, 7) is 6.42. The SMILES string of the molecule is C1CCC(CNCCN2CCCC2)C1. The highest BCUT2D eigenvalue weighted by Crippen LogP contribution is 2.23. The molecule has 2 heteroatoms. The van der Waals surface area contributed by atoms with Crippen molar-refractivity contribution in [2.75, 3.05) is 32.7 Å². The first-order valence-electron chi connectivity index (χ1n) is 6.38. The van der Waals surface area contributed by atoms with Crippen molar-refractivity contribution in [2.45, 2.75) is 38.5 Å². The highest BCUT2D eigenvalue weighted by molar-refractivity contribution is 4.71. The standard InChI is InChI=1S/C12H24N2/c1-2-6-12(5-1)11-13-7-10-14-8-3-4-9-14/h12-13H,1-11H2. The summed E-state index contributed by atoms with van der Waals surface area (Å²) < 4.78 is 0. The van der Waals surface area contributed by atoms with Crippen molar-refractivity contribution < 1.29 is 0 Å². The summed E-state index contributed by atoms with van der Waals surface area (Å²) in [5, 5.41) is 3.61. The summed E-state index contributed by atoms with van der Waals surface area (Å²) in [5.41, 5.74) is 0. The average molecular weight is 196 g/mol. The van der Waals surface area contributed by atoms with Gasteiger partial charge in [0.2, 0.25) is 0 Å². The van der Waals surface area contributed by atoms with E-state index in [1.165, 1.54) is 71.2 Å². The van der Waals surface area contributed by atoms with Crippen LogP contribution in [-0.2, 0) is 0 Å². The highest BCUT2D eigenvalue weighted by atomic mass is 15.1. The average Bonchev–Trinajstić information content (AvgIpc) is 2.86. The van der Waals surface area contributed by atoms with Gasteiger partial charge < -0.3 is 10.2 Å². The second kappa shape index (κ2) is 5.72. The second-order valence-electron chi connectivity index (χ2n) is 4.90. The molecule has 1 saturated carbocycles. The molecule has 1 saturated heterocycles. The first kappa shape index (κ1) is 10.4. The summed E-state index contributed by atoms with van der Waals surface area (Å²) in [6.07, 6.45) is 8.72. The van der Waals surface area contributed by atoms with Crippen LogP contribution in [0.15, 0.2) is 0 Å². The molecule has 0 bridgehead atoms. The van der Waals surface area contributed by atoms with Crippen LogP contribution >= 0.6 is 0 Å². The predicted octanol–water partition coefficient (Wildman–Crippen LogP) is 1.86. The van der Waals surface area contributed by atoms with E-state index in [-0.39, 0.29) is 0 Å². The van der Waals surface area contributed by atoms with Gasteiger partial charge in [-0.15, -0.1) is 0 Å². The maximum Gasteiger partial charge on any atom is 0.0107 e. The molecule has 1 N–H and O–H groups in total. The lowest BCUT2D eigenvalue weighted by molar-refractivity contribution is 0.330. The van der Waals surface area contributed by atoms with Gasteiger partial charge in [0.25, 0.3) is 0 Å². The Bertz CT molecular complexity index is 128. The minimum atomic E-state index is 0.994. The predicted molar refractivity (Wildman–Crippen MR) is 60.5 cm³/mol. The molecule has 2 aliphatic rings. The smallest absolute Gasteiger partial charge is 0.0107 e. The van der Waals surface area contributed by atoms with Crippen LogP contribution in [0.2, 0.25) is 0 Å². The van der Waals surface area contributed by atoms with Crippen molar-refractivity contribution >= 4 is 0 Å². The van der Waals surface area contributed by atoms with E-state index in [1.54, 1.807) is 0 Å². The van der Waals surface area contributed by atoms with Gasteiger partial charge in [-0.3, -0.25) is 0 Å². The monoisotopic (exact) mass is 196 g/mol. The lowest BCUT2D eigenvalue weighted by Gasteiger charge is -2.16. The zero-order chi connectivity index (χ0) is 9.64. The Morgan fingerprint density at radius 3 is 2.43 bits per heavy atom. The number of hydrogen-bond acceptors (Lipinski definition) is 2. The zero-order valence-electron chi connectivity index (χ0n) is 9.30. The van der Waals surface area contributed by atoms with Crippen molar-refractivity contribution in [2.24, 2.45) is 5.92 Å². The van der Waals surface area contributed by atoms with Crippen molar-refractivity contribution in [3.05, 3.63) is 0 Å². The molecule has 2 fully saturated rings. The van der Waals surface area contributed by atoms with Gasteiger partial charge >= 0.3 is 0 Å². The molecule has 14 heavy (non-hydrogen) atoms. The van der Waals surface area contributed by atoms with E-state index in [0.717, 1.165) is 5.92 Å². The summed E-state index contributed by atoms with van der Waals surface area (Å²) in [4.78, 5) is 2.58. The third kappa shape index (κ3) is 3.25. The fraction of sp³-hybridized carbons (Fsp3) is 1.00. The Kier molecular flexibility index (Phi) is 4.26.